The number of nitrogens with one attached hydrogen (secondary N) is 1. The largest absolute Gasteiger partial charge is 0.495 e. The third kappa shape index (κ3) is 4.56. The van der Waals surface area contributed by atoms with Crippen molar-refractivity contribution in [3.63, 3.8) is 0 Å². The van der Waals surface area contributed by atoms with Gasteiger partial charge in [0.05, 0.1) is 28.7 Å². The minimum atomic E-state index is -4.69. The molecule has 10 heteroatoms. The summed E-state index contributed by atoms with van der Waals surface area (Å²) in [5.41, 5.74) is -2.46. The molecule has 0 saturated carbocycles. The number of alkyl halides is 3. The zero-order valence-corrected chi connectivity index (χ0v) is 18.6. The normalized spacial score (nSPS) is 19.7. The minimum Gasteiger partial charge on any atom is -0.495 e. The first-order chi connectivity index (χ1) is 14.9. The van der Waals surface area contributed by atoms with Crippen LogP contribution in [0.2, 0.25) is 0 Å². The number of thiol groups is 1. The molecule has 3 rings (SSSR count). The Morgan fingerprint density at radius 3 is 2.53 bits per heavy atom. The summed E-state index contributed by atoms with van der Waals surface area (Å²) in [6, 6.07) is 3.83. The van der Waals surface area contributed by atoms with Gasteiger partial charge in [-0.25, -0.2) is 8.78 Å². The van der Waals surface area contributed by atoms with Crippen molar-refractivity contribution in [2.24, 2.45) is 0 Å². The number of amides is 1. The van der Waals surface area contributed by atoms with Crippen molar-refractivity contribution < 1.29 is 31.5 Å². The second-order valence-electron chi connectivity index (χ2n) is 8.00. The van der Waals surface area contributed by atoms with Crippen LogP contribution in [0.4, 0.5) is 22.0 Å². The standard InChI is InChI=1S/C22H23F5N2O2S/c1-12-9-15(22(25,26)27)19(32)18(31-3)17(12)20(30)28-21(7-4-8-29(2)11-21)14-10-13(23)5-6-16(14)24/h5-6,9-10,32H,4,7-8,11H2,1-3H3,(H,28,30). The van der Waals surface area contributed by atoms with Crippen molar-refractivity contribution in [3.8, 4) is 5.75 Å². The molecular weight excluding hydrogens is 451 g/mol. The minimum absolute atomic E-state index is 0.0171. The Bertz CT molecular complexity index is 1040. The molecule has 0 spiro atoms. The number of nitrogens with zero attached hydrogens (tertiary/aromatic N) is 1. The van der Waals surface area contributed by atoms with E-state index in [1.54, 1.807) is 7.05 Å². The summed E-state index contributed by atoms with van der Waals surface area (Å²) in [5, 5.41) is 2.78. The summed E-state index contributed by atoms with van der Waals surface area (Å²) >= 11 is 3.95. The summed E-state index contributed by atoms with van der Waals surface area (Å²) in [6.45, 7) is 2.23. The molecule has 0 aliphatic carbocycles. The molecule has 4 nitrogen and oxygen atoms in total. The van der Waals surface area contributed by atoms with Gasteiger partial charge in [-0.2, -0.15) is 13.2 Å². The first kappa shape index (κ1) is 24.3. The average Bonchev–Trinajstić information content (AvgIpc) is 2.69. The van der Waals surface area contributed by atoms with Crippen molar-refractivity contribution >= 4 is 18.5 Å². The molecule has 2 aromatic rings. The molecule has 1 N–H and O–H groups in total. The number of hydrogen-bond acceptors (Lipinski definition) is 4. The lowest BCUT2D eigenvalue weighted by atomic mass is 9.81. The van der Waals surface area contributed by atoms with Crippen molar-refractivity contribution in [2.75, 3.05) is 27.2 Å². The third-order valence-electron chi connectivity index (χ3n) is 5.67. The van der Waals surface area contributed by atoms with Crippen LogP contribution in [0.3, 0.4) is 0 Å². The number of benzene rings is 2. The SMILES string of the molecule is COc1c(S)c(C(F)(F)F)cc(C)c1C(=O)NC1(c2cc(F)ccc2F)CCCN(C)C1. The molecule has 1 amide bonds. The van der Waals surface area contributed by atoms with Crippen molar-refractivity contribution in [1.82, 2.24) is 10.2 Å². The van der Waals surface area contributed by atoms with Crippen molar-refractivity contribution in [3.05, 3.63) is 58.2 Å². The fraction of sp³-hybridized carbons (Fsp3) is 0.409. The predicted octanol–water partition coefficient (Wildman–Crippen LogP) is 4.94. The van der Waals surface area contributed by atoms with Gasteiger partial charge in [-0.15, -0.1) is 12.6 Å². The Balaban J connectivity index is 2.12. The van der Waals surface area contributed by atoms with Crippen LogP contribution < -0.4 is 10.1 Å². The zero-order valence-electron chi connectivity index (χ0n) is 17.7. The number of ether oxygens (including phenoxy) is 1. The second-order valence-corrected chi connectivity index (χ2v) is 8.44. The Morgan fingerprint density at radius 1 is 1.25 bits per heavy atom. The van der Waals surface area contributed by atoms with E-state index >= 15 is 0 Å². The highest BCUT2D eigenvalue weighted by Gasteiger charge is 2.42. The molecule has 1 saturated heterocycles. The van der Waals surface area contributed by atoms with E-state index in [-0.39, 0.29) is 29.0 Å². The van der Waals surface area contributed by atoms with Crippen molar-refractivity contribution in [1.29, 1.82) is 0 Å². The number of piperidine rings is 1. The molecule has 1 unspecified atom stereocenters. The molecule has 1 aliphatic heterocycles. The van der Waals surface area contributed by atoms with Crippen LogP contribution in [-0.4, -0.2) is 38.1 Å². The fourth-order valence-electron chi connectivity index (χ4n) is 4.28. The van der Waals surface area contributed by atoms with E-state index in [1.165, 1.54) is 6.92 Å². The van der Waals surface area contributed by atoms with Gasteiger partial charge in [0.2, 0.25) is 0 Å². The number of likely N-dealkylation sites (N-methyl/N-ethyl adjacent to an activating group) is 1. The lowest BCUT2D eigenvalue weighted by Gasteiger charge is -2.43. The van der Waals surface area contributed by atoms with Gasteiger partial charge < -0.3 is 15.0 Å². The summed E-state index contributed by atoms with van der Waals surface area (Å²) < 4.78 is 74.0. The number of carbonyl (C=O) groups is 1. The Kier molecular flexibility index (Phi) is 6.76. The molecule has 0 radical (unpaired) electrons. The first-order valence-electron chi connectivity index (χ1n) is 9.84. The smallest absolute Gasteiger partial charge is 0.417 e. The van der Waals surface area contributed by atoms with Crippen LogP contribution in [0.5, 0.6) is 5.75 Å². The number of carbonyl (C=O) groups excluding carboxylic acids is 1. The van der Waals surface area contributed by atoms with Gasteiger partial charge in [0.25, 0.3) is 5.91 Å². The van der Waals surface area contributed by atoms with Crippen LogP contribution >= 0.6 is 12.6 Å². The molecule has 1 aliphatic rings. The second kappa shape index (κ2) is 8.90. The lowest BCUT2D eigenvalue weighted by molar-refractivity contribution is -0.139. The van der Waals surface area contributed by atoms with E-state index in [4.69, 9.17) is 4.74 Å². The number of aryl methyl sites for hydroxylation is 1. The monoisotopic (exact) mass is 474 g/mol. The van der Waals surface area contributed by atoms with E-state index in [0.717, 1.165) is 31.4 Å². The maximum Gasteiger partial charge on any atom is 0.417 e. The zero-order chi connectivity index (χ0) is 23.8. The van der Waals surface area contributed by atoms with Crippen LogP contribution in [-0.2, 0) is 11.7 Å². The molecule has 1 fully saturated rings. The molecule has 1 atom stereocenters. The lowest BCUT2D eigenvalue weighted by Crippen LogP contribution is -2.56. The van der Waals surface area contributed by atoms with Crippen LogP contribution in [0.1, 0.15) is 39.9 Å². The number of rotatable bonds is 4. The Labute approximate surface area is 188 Å². The average molecular weight is 474 g/mol. The van der Waals surface area contributed by atoms with Gasteiger partial charge in [0.1, 0.15) is 17.4 Å². The van der Waals surface area contributed by atoms with E-state index in [2.05, 4.69) is 17.9 Å². The summed E-state index contributed by atoms with van der Waals surface area (Å²) in [4.78, 5) is 14.7. The molecule has 1 heterocycles. The maximum atomic E-state index is 14.8. The van der Waals surface area contributed by atoms with E-state index in [9.17, 15) is 26.7 Å². The van der Waals surface area contributed by atoms with Gasteiger partial charge in [-0.3, -0.25) is 4.79 Å². The van der Waals surface area contributed by atoms with Crippen molar-refractivity contribution in [2.45, 2.75) is 36.4 Å². The number of hydrogen-bond donors (Lipinski definition) is 2. The number of methoxy groups -OCH3 is 1. The van der Waals surface area contributed by atoms with Gasteiger partial charge >= 0.3 is 6.18 Å². The third-order valence-corrected chi connectivity index (χ3v) is 6.11. The highest BCUT2D eigenvalue weighted by Crippen LogP contribution is 2.42. The van der Waals surface area contributed by atoms with E-state index in [0.29, 0.717) is 19.4 Å². The summed E-state index contributed by atoms with van der Waals surface area (Å²) in [7, 11) is 2.93. The highest BCUT2D eigenvalue weighted by atomic mass is 32.1. The van der Waals surface area contributed by atoms with Crippen LogP contribution in [0.15, 0.2) is 29.2 Å². The Morgan fingerprint density at radius 2 is 1.94 bits per heavy atom. The van der Waals surface area contributed by atoms with Crippen LogP contribution in [0.25, 0.3) is 0 Å². The van der Waals surface area contributed by atoms with E-state index in [1.807, 2.05) is 4.90 Å². The molecule has 0 bridgehead atoms. The molecule has 0 aromatic heterocycles. The fourth-order valence-corrected chi connectivity index (χ4v) is 4.67. The predicted molar refractivity (Wildman–Crippen MR) is 112 cm³/mol. The van der Waals surface area contributed by atoms with Gasteiger partial charge in [-0.1, -0.05) is 0 Å². The number of likely N-dealkylation sites (tertiary alicyclic amines) is 1. The van der Waals surface area contributed by atoms with Gasteiger partial charge in [0, 0.05) is 12.1 Å². The molecular formula is C22H23F5N2O2S. The van der Waals surface area contributed by atoms with Crippen LogP contribution in [0, 0.1) is 18.6 Å². The first-order valence-corrected chi connectivity index (χ1v) is 10.3. The quantitative estimate of drug-likeness (QED) is 0.487. The Hall–Kier alpha value is -2.33. The van der Waals surface area contributed by atoms with Gasteiger partial charge in [0.15, 0.2) is 0 Å². The molecule has 32 heavy (non-hydrogen) atoms. The highest BCUT2D eigenvalue weighted by molar-refractivity contribution is 7.80. The van der Waals surface area contributed by atoms with E-state index < -0.39 is 39.7 Å². The maximum absolute atomic E-state index is 14.8. The number of halogens is 5. The molecule has 174 valence electrons. The van der Waals surface area contributed by atoms with Gasteiger partial charge in [-0.05, 0) is 63.2 Å². The summed E-state index contributed by atoms with van der Waals surface area (Å²) in [5.74, 6) is -2.45. The summed E-state index contributed by atoms with van der Waals surface area (Å²) in [6.07, 6.45) is -3.78. The topological polar surface area (TPSA) is 41.6 Å². The molecule has 2 aromatic carbocycles.